The predicted molar refractivity (Wildman–Crippen MR) is 131 cm³/mol. The number of hydrogen-bond acceptors (Lipinski definition) is 10. The average Bonchev–Trinajstić information content (AvgIpc) is 2.84. The molecule has 0 aromatic carbocycles. The van der Waals surface area contributed by atoms with Gasteiger partial charge in [0.25, 0.3) is 11.8 Å². The summed E-state index contributed by atoms with van der Waals surface area (Å²) in [7, 11) is 0. The number of nitrogens with zero attached hydrogens (tertiary/aromatic N) is 2. The molecule has 0 saturated carbocycles. The van der Waals surface area contributed by atoms with Crippen LogP contribution in [-0.2, 0) is 19.1 Å². The standard InChI is InChI=1S/C24H36N6O6/c1-3-35-23(33)29-21(31)19(15-25)17-27-13-11-9-7-5-6-8-10-12-14-28-18-20(16-26)22(32)30-24(34)36-4-2/h17-18,27-28H,3-14H2,1-2H3,(H,29,31,33)(H,30,32,34)/b19-17-,20-18+. The Balaban J connectivity index is 3.81. The molecule has 0 radical (unpaired) electrons. The van der Waals surface area contributed by atoms with Crippen LogP contribution >= 0.6 is 0 Å². The summed E-state index contributed by atoms with van der Waals surface area (Å²) >= 11 is 0. The van der Waals surface area contributed by atoms with Gasteiger partial charge in [-0.3, -0.25) is 20.2 Å². The highest BCUT2D eigenvalue weighted by atomic mass is 16.6. The fraction of sp³-hybridized carbons (Fsp3) is 0.583. The van der Waals surface area contributed by atoms with Gasteiger partial charge in [0.15, 0.2) is 0 Å². The third-order valence-electron chi connectivity index (χ3n) is 4.60. The number of nitriles is 2. The van der Waals surface area contributed by atoms with Crippen molar-refractivity contribution in [3.8, 4) is 12.1 Å². The van der Waals surface area contributed by atoms with Gasteiger partial charge in [-0.1, -0.05) is 38.5 Å². The van der Waals surface area contributed by atoms with Crippen LogP contribution in [0, 0.1) is 22.7 Å². The first-order chi connectivity index (χ1) is 17.4. The molecule has 0 rings (SSSR count). The number of imide groups is 2. The molecular weight excluding hydrogens is 468 g/mol. The van der Waals surface area contributed by atoms with E-state index >= 15 is 0 Å². The summed E-state index contributed by atoms with van der Waals surface area (Å²) in [5.41, 5.74) is -0.395. The topological polar surface area (TPSA) is 182 Å². The van der Waals surface area contributed by atoms with Crippen LogP contribution in [0.3, 0.4) is 0 Å². The summed E-state index contributed by atoms with van der Waals surface area (Å²) in [6.45, 7) is 4.70. The smallest absolute Gasteiger partial charge is 0.414 e. The third-order valence-corrected chi connectivity index (χ3v) is 4.60. The maximum atomic E-state index is 11.7. The summed E-state index contributed by atoms with van der Waals surface area (Å²) in [4.78, 5) is 45.9. The molecule has 36 heavy (non-hydrogen) atoms. The van der Waals surface area contributed by atoms with Crippen LogP contribution in [0.1, 0.15) is 65.2 Å². The van der Waals surface area contributed by atoms with E-state index in [1.807, 2.05) is 10.6 Å². The van der Waals surface area contributed by atoms with Gasteiger partial charge < -0.3 is 20.1 Å². The first-order valence-corrected chi connectivity index (χ1v) is 12.0. The molecule has 12 nitrogen and oxygen atoms in total. The molecule has 4 N–H and O–H groups in total. The first kappa shape index (κ1) is 31.9. The SMILES string of the molecule is CCOC(=O)NC(=O)/C(C#N)=C\NCCCCCCCCCCN/C=C(\C#N)C(=O)NC(=O)OCC. The van der Waals surface area contributed by atoms with Crippen molar-refractivity contribution in [3.63, 3.8) is 0 Å². The molecule has 0 spiro atoms. The fourth-order valence-corrected chi connectivity index (χ4v) is 2.81. The molecule has 0 bridgehead atoms. The normalized spacial score (nSPS) is 10.9. The molecule has 198 valence electrons. The minimum absolute atomic E-state index is 0.129. The number of rotatable bonds is 17. The van der Waals surface area contributed by atoms with Gasteiger partial charge in [0.1, 0.15) is 23.3 Å². The van der Waals surface area contributed by atoms with E-state index in [4.69, 9.17) is 10.5 Å². The second-order valence-electron chi connectivity index (χ2n) is 7.43. The molecule has 0 heterocycles. The summed E-state index contributed by atoms with van der Waals surface area (Å²) in [6.07, 6.45) is 8.94. The Hall–Kier alpha value is -4.06. The largest absolute Gasteiger partial charge is 0.450 e. The maximum absolute atomic E-state index is 11.7. The Morgan fingerprint density at radius 1 is 0.639 bits per heavy atom. The number of alkyl carbamates (subject to hydrolysis) is 2. The minimum Gasteiger partial charge on any atom is -0.450 e. The molecule has 12 heteroatoms. The molecule has 0 atom stereocenters. The van der Waals surface area contributed by atoms with Crippen molar-refractivity contribution in [2.24, 2.45) is 0 Å². The quantitative estimate of drug-likeness (QED) is 0.130. The van der Waals surface area contributed by atoms with Crippen LogP contribution in [0.5, 0.6) is 0 Å². The zero-order valence-electron chi connectivity index (χ0n) is 21.0. The Morgan fingerprint density at radius 3 is 1.28 bits per heavy atom. The second kappa shape index (κ2) is 21.5. The summed E-state index contributed by atoms with van der Waals surface area (Å²) < 4.78 is 9.19. The predicted octanol–water partition coefficient (Wildman–Crippen LogP) is 2.65. The van der Waals surface area contributed by atoms with Gasteiger partial charge in [-0.15, -0.1) is 0 Å². The molecular formula is C24H36N6O6. The lowest BCUT2D eigenvalue weighted by Crippen LogP contribution is -2.32. The Bertz CT molecular complexity index is 786. The lowest BCUT2D eigenvalue weighted by atomic mass is 10.1. The highest BCUT2D eigenvalue weighted by Gasteiger charge is 2.14. The van der Waals surface area contributed by atoms with Crippen LogP contribution in [0.15, 0.2) is 23.5 Å². The van der Waals surface area contributed by atoms with Gasteiger partial charge in [0.2, 0.25) is 0 Å². The van der Waals surface area contributed by atoms with E-state index in [-0.39, 0.29) is 24.4 Å². The zero-order valence-corrected chi connectivity index (χ0v) is 21.0. The van der Waals surface area contributed by atoms with Crippen molar-refractivity contribution in [1.82, 2.24) is 21.3 Å². The van der Waals surface area contributed by atoms with Crippen LogP contribution in [0.2, 0.25) is 0 Å². The van der Waals surface area contributed by atoms with Gasteiger partial charge in [-0.25, -0.2) is 9.59 Å². The van der Waals surface area contributed by atoms with Gasteiger partial charge >= 0.3 is 12.2 Å². The molecule has 0 saturated heterocycles. The van der Waals surface area contributed by atoms with Gasteiger partial charge in [-0.05, 0) is 26.7 Å². The van der Waals surface area contributed by atoms with E-state index in [1.54, 1.807) is 26.0 Å². The van der Waals surface area contributed by atoms with Crippen molar-refractivity contribution in [2.45, 2.75) is 65.2 Å². The number of nitrogens with one attached hydrogen (secondary N) is 4. The third kappa shape index (κ3) is 16.5. The van der Waals surface area contributed by atoms with Gasteiger partial charge in [0.05, 0.1) is 13.2 Å². The van der Waals surface area contributed by atoms with E-state index < -0.39 is 24.0 Å². The van der Waals surface area contributed by atoms with Crippen LogP contribution in [0.25, 0.3) is 0 Å². The Morgan fingerprint density at radius 2 is 0.972 bits per heavy atom. The number of amides is 4. The molecule has 0 aliphatic heterocycles. The van der Waals surface area contributed by atoms with Crippen molar-refractivity contribution in [3.05, 3.63) is 23.5 Å². The van der Waals surface area contributed by atoms with Crippen molar-refractivity contribution in [1.29, 1.82) is 10.5 Å². The van der Waals surface area contributed by atoms with E-state index in [9.17, 15) is 19.2 Å². The zero-order chi connectivity index (χ0) is 27.0. The number of ether oxygens (including phenoxy) is 2. The molecule has 0 aliphatic carbocycles. The van der Waals surface area contributed by atoms with Gasteiger partial charge in [0, 0.05) is 25.5 Å². The van der Waals surface area contributed by atoms with Crippen LogP contribution < -0.4 is 21.3 Å². The van der Waals surface area contributed by atoms with E-state index in [1.165, 1.54) is 12.4 Å². The first-order valence-electron chi connectivity index (χ1n) is 12.0. The lowest BCUT2D eigenvalue weighted by Gasteiger charge is -2.05. The van der Waals surface area contributed by atoms with Crippen molar-refractivity contribution >= 4 is 24.0 Å². The summed E-state index contributed by atoms with van der Waals surface area (Å²) in [5.74, 6) is -1.61. The van der Waals surface area contributed by atoms with E-state index in [0.29, 0.717) is 13.1 Å². The number of carbonyl (C=O) groups is 4. The van der Waals surface area contributed by atoms with Crippen LogP contribution in [0.4, 0.5) is 9.59 Å². The van der Waals surface area contributed by atoms with Crippen molar-refractivity contribution < 1.29 is 28.7 Å². The molecule has 0 fully saturated rings. The molecule has 0 aliphatic rings. The van der Waals surface area contributed by atoms with E-state index in [0.717, 1.165) is 51.4 Å². The molecule has 0 aromatic heterocycles. The van der Waals surface area contributed by atoms with Gasteiger partial charge in [-0.2, -0.15) is 10.5 Å². The maximum Gasteiger partial charge on any atom is 0.414 e. The molecule has 4 amide bonds. The van der Waals surface area contributed by atoms with Crippen LogP contribution in [-0.4, -0.2) is 50.3 Å². The van der Waals surface area contributed by atoms with Crippen molar-refractivity contribution in [2.75, 3.05) is 26.3 Å². The second-order valence-corrected chi connectivity index (χ2v) is 7.43. The average molecular weight is 505 g/mol. The fourth-order valence-electron chi connectivity index (χ4n) is 2.81. The Kier molecular flexibility index (Phi) is 19.1. The highest BCUT2D eigenvalue weighted by molar-refractivity contribution is 6.05. The highest BCUT2D eigenvalue weighted by Crippen LogP contribution is 2.08. The molecule has 0 aromatic rings. The summed E-state index contributed by atoms with van der Waals surface area (Å²) in [6, 6.07) is 3.48. The number of unbranched alkanes of at least 4 members (excludes halogenated alkanes) is 7. The number of carbonyl (C=O) groups excluding carboxylic acids is 4. The monoisotopic (exact) mass is 504 g/mol. The minimum atomic E-state index is -0.887. The number of hydrogen-bond donors (Lipinski definition) is 4. The Labute approximate surface area is 212 Å². The van der Waals surface area contributed by atoms with E-state index in [2.05, 4.69) is 20.1 Å². The summed E-state index contributed by atoms with van der Waals surface area (Å²) in [5, 5.41) is 27.8. The molecule has 0 unspecified atom stereocenters. The lowest BCUT2D eigenvalue weighted by molar-refractivity contribution is -0.117.